The number of hydrogen-bond donors (Lipinski definition) is 6. The third kappa shape index (κ3) is 31.2. The Bertz CT molecular complexity index is 1160. The van der Waals surface area contributed by atoms with Gasteiger partial charge in [0.2, 0.25) is 5.91 Å². The third-order valence-corrected chi connectivity index (χ3v) is 11.2. The molecule has 6 N–H and O–H groups in total. The Morgan fingerprint density at radius 2 is 1.13 bits per heavy atom. The van der Waals surface area contributed by atoms with Gasteiger partial charge in [0.1, 0.15) is 24.4 Å². The second-order valence-electron chi connectivity index (χ2n) is 16.8. The van der Waals surface area contributed by atoms with E-state index in [-0.39, 0.29) is 24.9 Å². The lowest BCUT2D eigenvalue weighted by atomic mass is 9.99. The molecule has 0 radical (unpaired) electrons. The zero-order chi connectivity index (χ0) is 44.6. The molecule has 0 saturated carbocycles. The van der Waals surface area contributed by atoms with Gasteiger partial charge in [-0.15, -0.1) is 0 Å². The summed E-state index contributed by atoms with van der Waals surface area (Å²) in [5.74, 6) is -0.319. The summed E-state index contributed by atoms with van der Waals surface area (Å²) < 4.78 is 16.6. The summed E-state index contributed by atoms with van der Waals surface area (Å²) in [6.45, 7) is 4.15. The molecule has 1 rings (SSSR count). The van der Waals surface area contributed by atoms with Crippen LogP contribution in [0.4, 0.5) is 0 Å². The highest BCUT2D eigenvalue weighted by atomic mass is 16.7. The van der Waals surface area contributed by atoms with Crippen molar-refractivity contribution in [1.82, 2.24) is 5.32 Å². The summed E-state index contributed by atoms with van der Waals surface area (Å²) in [5.41, 5.74) is 0. The summed E-state index contributed by atoms with van der Waals surface area (Å²) in [6.07, 6.45) is 37.8. The van der Waals surface area contributed by atoms with E-state index in [2.05, 4.69) is 43.5 Å². The SMILES string of the molecule is CCCC/C=C\CCCCCCCC(=O)OCCCCCCCC/C=C\C/C=C\CCC(=O)NC(COC1OC(CO)C(O)C(O)C1O)C(O)/C=C/CCCCCCCCC. The van der Waals surface area contributed by atoms with Crippen LogP contribution in [0.5, 0.6) is 0 Å². The first-order chi connectivity index (χ1) is 29.7. The lowest BCUT2D eigenvalue weighted by molar-refractivity contribution is -0.302. The van der Waals surface area contributed by atoms with Crippen molar-refractivity contribution in [3.05, 3.63) is 48.6 Å². The van der Waals surface area contributed by atoms with E-state index in [9.17, 15) is 35.1 Å². The van der Waals surface area contributed by atoms with E-state index in [1.807, 2.05) is 18.2 Å². The van der Waals surface area contributed by atoms with Crippen molar-refractivity contribution in [2.75, 3.05) is 19.8 Å². The number of aliphatic hydroxyl groups is 5. The number of carbonyl (C=O) groups is 2. The molecule has 7 unspecified atom stereocenters. The van der Waals surface area contributed by atoms with Gasteiger partial charge in [0.15, 0.2) is 6.29 Å². The predicted molar refractivity (Wildman–Crippen MR) is 246 cm³/mol. The third-order valence-electron chi connectivity index (χ3n) is 11.2. The molecule has 354 valence electrons. The van der Waals surface area contributed by atoms with Crippen molar-refractivity contribution in [1.29, 1.82) is 0 Å². The van der Waals surface area contributed by atoms with Crippen LogP contribution in [0.2, 0.25) is 0 Å². The molecule has 1 fully saturated rings. The first-order valence-electron chi connectivity index (χ1n) is 24.4. The van der Waals surface area contributed by atoms with Gasteiger partial charge in [-0.25, -0.2) is 0 Å². The Hall–Kier alpha value is -2.38. The van der Waals surface area contributed by atoms with Gasteiger partial charge in [-0.2, -0.15) is 0 Å². The maximum absolute atomic E-state index is 12.9. The number of nitrogens with one attached hydrogen (secondary N) is 1. The molecule has 7 atom stereocenters. The van der Waals surface area contributed by atoms with Gasteiger partial charge in [0.05, 0.1) is 32.0 Å². The van der Waals surface area contributed by atoms with Gasteiger partial charge in [-0.3, -0.25) is 9.59 Å². The van der Waals surface area contributed by atoms with Crippen molar-refractivity contribution in [2.45, 2.75) is 236 Å². The summed E-state index contributed by atoms with van der Waals surface area (Å²) in [7, 11) is 0. The normalized spacial score (nSPS) is 20.7. The van der Waals surface area contributed by atoms with E-state index in [1.165, 1.54) is 89.9 Å². The van der Waals surface area contributed by atoms with E-state index in [1.54, 1.807) is 6.08 Å². The summed E-state index contributed by atoms with van der Waals surface area (Å²) >= 11 is 0. The number of carbonyl (C=O) groups excluding carboxylic acids is 2. The number of allylic oxidation sites excluding steroid dienone is 7. The van der Waals surface area contributed by atoms with Crippen LogP contribution in [0.1, 0.15) is 194 Å². The molecule has 1 aliphatic rings. The number of unbranched alkanes of at least 4 members (excludes halogenated alkanes) is 20. The predicted octanol–water partition coefficient (Wildman–Crippen LogP) is 9.38. The zero-order valence-electron chi connectivity index (χ0n) is 38.4. The van der Waals surface area contributed by atoms with Crippen molar-refractivity contribution < 1.29 is 49.3 Å². The Balaban J connectivity index is 2.23. The summed E-state index contributed by atoms with van der Waals surface area (Å²) in [5, 5.41) is 53.9. The number of rotatable bonds is 40. The van der Waals surface area contributed by atoms with Gasteiger partial charge in [-0.05, 0) is 70.6 Å². The molecule has 61 heavy (non-hydrogen) atoms. The maximum atomic E-state index is 12.9. The lowest BCUT2D eigenvalue weighted by Crippen LogP contribution is -2.60. The molecule has 0 aromatic carbocycles. The standard InChI is InChI=1S/C50H89NO10/c1-3-5-7-9-11-13-17-22-26-30-34-38-46(55)59-39-35-31-27-23-19-16-14-15-18-21-25-29-33-37-45(54)51-42(43(53)36-32-28-24-20-12-10-8-6-4-2)41-60-50-49(58)48(57)47(56)44(40-52)61-50/h9,11,15,18,25,29,32,36,42-44,47-50,52-53,56-58H,3-8,10,12-14,16-17,19-24,26-28,30-31,33-35,37-41H2,1-2H3,(H,51,54)/b11-9-,18-15-,29-25-,36-32+. The van der Waals surface area contributed by atoms with E-state index in [0.29, 0.717) is 19.4 Å². The maximum Gasteiger partial charge on any atom is 0.305 e. The van der Waals surface area contributed by atoms with Crippen LogP contribution in [0.25, 0.3) is 0 Å². The van der Waals surface area contributed by atoms with E-state index >= 15 is 0 Å². The van der Waals surface area contributed by atoms with Crippen molar-refractivity contribution >= 4 is 11.9 Å². The fourth-order valence-electron chi connectivity index (χ4n) is 7.17. The molecule has 1 aliphatic heterocycles. The van der Waals surface area contributed by atoms with Crippen LogP contribution < -0.4 is 5.32 Å². The molecule has 0 bridgehead atoms. The molecular weight excluding hydrogens is 775 g/mol. The minimum atomic E-state index is -1.59. The monoisotopic (exact) mass is 864 g/mol. The van der Waals surface area contributed by atoms with Gasteiger partial charge in [-0.1, -0.05) is 159 Å². The molecule has 11 nitrogen and oxygen atoms in total. The summed E-state index contributed by atoms with van der Waals surface area (Å²) in [6, 6.07) is -0.853. The largest absolute Gasteiger partial charge is 0.466 e. The van der Waals surface area contributed by atoms with Crippen LogP contribution in [0.15, 0.2) is 48.6 Å². The first kappa shape index (κ1) is 56.6. The van der Waals surface area contributed by atoms with Crippen LogP contribution in [-0.4, -0.2) is 100 Å². The fraction of sp³-hybridized carbons (Fsp3) is 0.800. The molecule has 11 heteroatoms. The van der Waals surface area contributed by atoms with Gasteiger partial charge in [0.25, 0.3) is 0 Å². The van der Waals surface area contributed by atoms with E-state index < -0.39 is 49.5 Å². The smallest absolute Gasteiger partial charge is 0.305 e. The highest BCUT2D eigenvalue weighted by molar-refractivity contribution is 5.76. The Morgan fingerprint density at radius 1 is 0.607 bits per heavy atom. The molecule has 0 aliphatic carbocycles. The van der Waals surface area contributed by atoms with Crippen LogP contribution in [0, 0.1) is 0 Å². The zero-order valence-corrected chi connectivity index (χ0v) is 38.4. The molecule has 0 spiro atoms. The second-order valence-corrected chi connectivity index (χ2v) is 16.8. The van der Waals surface area contributed by atoms with Crippen LogP contribution in [-0.2, 0) is 23.8 Å². The lowest BCUT2D eigenvalue weighted by Gasteiger charge is -2.40. The summed E-state index contributed by atoms with van der Waals surface area (Å²) in [4.78, 5) is 24.9. The fourth-order valence-corrected chi connectivity index (χ4v) is 7.17. The van der Waals surface area contributed by atoms with Gasteiger partial charge >= 0.3 is 5.97 Å². The number of aliphatic hydroxyl groups excluding tert-OH is 5. The van der Waals surface area contributed by atoms with Crippen LogP contribution in [0.3, 0.4) is 0 Å². The highest BCUT2D eigenvalue weighted by Gasteiger charge is 2.44. The molecule has 1 amide bonds. The Morgan fingerprint density at radius 3 is 1.75 bits per heavy atom. The minimum absolute atomic E-state index is 0.0519. The van der Waals surface area contributed by atoms with Crippen LogP contribution >= 0.6 is 0 Å². The average Bonchev–Trinajstić information content (AvgIpc) is 3.25. The van der Waals surface area contributed by atoms with Crippen molar-refractivity contribution in [3.8, 4) is 0 Å². The Labute approximate surface area is 370 Å². The van der Waals surface area contributed by atoms with Gasteiger partial charge in [0, 0.05) is 12.8 Å². The van der Waals surface area contributed by atoms with Gasteiger partial charge < -0.3 is 45.1 Å². The van der Waals surface area contributed by atoms with E-state index in [0.717, 1.165) is 70.6 Å². The molecule has 0 aromatic heterocycles. The molecule has 0 aromatic rings. The Kier molecular flexibility index (Phi) is 37.5. The second kappa shape index (κ2) is 40.4. The first-order valence-corrected chi connectivity index (χ1v) is 24.4. The molecule has 1 saturated heterocycles. The van der Waals surface area contributed by atoms with E-state index in [4.69, 9.17) is 14.2 Å². The average molecular weight is 864 g/mol. The minimum Gasteiger partial charge on any atom is -0.466 e. The number of hydrogen-bond acceptors (Lipinski definition) is 10. The quantitative estimate of drug-likeness (QED) is 0.0198. The molecule has 1 heterocycles. The number of amides is 1. The topological polar surface area (TPSA) is 175 Å². The highest BCUT2D eigenvalue weighted by Crippen LogP contribution is 2.22. The van der Waals surface area contributed by atoms with Crippen molar-refractivity contribution in [2.24, 2.45) is 0 Å². The van der Waals surface area contributed by atoms with Crippen molar-refractivity contribution in [3.63, 3.8) is 0 Å². The number of ether oxygens (including phenoxy) is 3. The number of esters is 1. The molecular formula is C50H89NO10.